The van der Waals surface area contributed by atoms with Gasteiger partial charge in [-0.05, 0) is 39.7 Å². The number of carbonyl (C=O) groups excluding carboxylic acids is 1. The molecular weight excluding hydrogens is 448 g/mol. The number of nitrogens with zero attached hydrogens (tertiary/aromatic N) is 2. The van der Waals surface area contributed by atoms with E-state index in [0.717, 1.165) is 11.3 Å². The van der Waals surface area contributed by atoms with Crippen molar-refractivity contribution in [3.8, 4) is 0 Å². The third kappa shape index (κ3) is 3.01. The lowest BCUT2D eigenvalue weighted by atomic mass is 9.88. The number of aliphatic hydroxyl groups is 1. The van der Waals surface area contributed by atoms with Gasteiger partial charge in [-0.2, -0.15) is 0 Å². The normalized spacial score (nSPS) is 26.1. The highest BCUT2D eigenvalue weighted by atomic mass is 79.9. The van der Waals surface area contributed by atoms with E-state index in [0.29, 0.717) is 22.6 Å². The van der Waals surface area contributed by atoms with Crippen molar-refractivity contribution in [3.05, 3.63) is 67.5 Å². The van der Waals surface area contributed by atoms with Gasteiger partial charge in [0.1, 0.15) is 6.04 Å². The number of esters is 1. The van der Waals surface area contributed by atoms with Crippen LogP contribution in [-0.2, 0) is 22.6 Å². The lowest BCUT2D eigenvalue weighted by Gasteiger charge is -2.30. The first-order valence-electron chi connectivity index (χ1n) is 9.05. The molecular formula is C20H20BrClN2O4. The number of aromatic nitrogens is 1. The summed E-state index contributed by atoms with van der Waals surface area (Å²) in [5.41, 5.74) is 1.62. The summed E-state index contributed by atoms with van der Waals surface area (Å²) in [7, 11) is 1.36. The molecule has 4 rings (SSSR count). The van der Waals surface area contributed by atoms with Gasteiger partial charge in [0.25, 0.3) is 5.56 Å². The van der Waals surface area contributed by atoms with Gasteiger partial charge in [0, 0.05) is 42.2 Å². The van der Waals surface area contributed by atoms with Gasteiger partial charge in [-0.1, -0.05) is 29.8 Å². The molecule has 1 N–H and O–H groups in total. The molecule has 0 amide bonds. The molecule has 1 saturated heterocycles. The van der Waals surface area contributed by atoms with Crippen LogP contribution in [0.3, 0.4) is 0 Å². The Morgan fingerprint density at radius 2 is 2.07 bits per heavy atom. The minimum absolute atomic E-state index is 0.0708. The highest BCUT2D eigenvalue weighted by molar-refractivity contribution is 9.10. The minimum Gasteiger partial charge on any atom is -0.468 e. The van der Waals surface area contributed by atoms with Gasteiger partial charge in [-0.25, -0.2) is 0 Å². The predicted octanol–water partition coefficient (Wildman–Crippen LogP) is 2.60. The Morgan fingerprint density at radius 1 is 1.32 bits per heavy atom. The molecule has 0 unspecified atom stereocenters. The molecule has 8 heteroatoms. The maximum absolute atomic E-state index is 12.6. The van der Waals surface area contributed by atoms with Crippen molar-refractivity contribution in [1.29, 1.82) is 0 Å². The van der Waals surface area contributed by atoms with E-state index in [4.69, 9.17) is 16.3 Å². The highest BCUT2D eigenvalue weighted by Crippen LogP contribution is 2.50. The second kappa shape index (κ2) is 7.63. The number of likely N-dealkylation sites (tertiary alicyclic amines) is 1. The van der Waals surface area contributed by atoms with Crippen molar-refractivity contribution in [1.82, 2.24) is 9.47 Å². The van der Waals surface area contributed by atoms with Crippen LogP contribution in [0.1, 0.15) is 17.3 Å². The second-order valence-electron chi connectivity index (χ2n) is 7.21. The standard InChI is InChI=1S/C20H20BrClN2O4/c1-28-20(27)18-13(10-25)12-9-23-16(7-6-14(21)19(23)26)17(12)24(18)8-11-4-2-3-5-15(11)22/h2-7,12-13,17-18,25H,8-10H2,1H3/t12-,13-,17+,18-/m1/s1. The molecule has 1 aromatic heterocycles. The van der Waals surface area contributed by atoms with E-state index in [1.54, 1.807) is 10.6 Å². The van der Waals surface area contributed by atoms with Gasteiger partial charge < -0.3 is 14.4 Å². The topological polar surface area (TPSA) is 71.8 Å². The molecule has 148 valence electrons. The molecule has 2 aliphatic heterocycles. The number of benzene rings is 1. The monoisotopic (exact) mass is 466 g/mol. The predicted molar refractivity (Wildman–Crippen MR) is 108 cm³/mol. The molecule has 6 nitrogen and oxygen atoms in total. The molecule has 2 aliphatic rings. The van der Waals surface area contributed by atoms with Crippen molar-refractivity contribution in [3.63, 3.8) is 0 Å². The van der Waals surface area contributed by atoms with E-state index in [1.807, 2.05) is 35.2 Å². The zero-order valence-electron chi connectivity index (χ0n) is 15.2. The molecule has 2 aromatic rings. The zero-order chi connectivity index (χ0) is 20.0. The van der Waals surface area contributed by atoms with E-state index in [-0.39, 0.29) is 36.0 Å². The number of pyridine rings is 1. The first-order chi connectivity index (χ1) is 13.5. The van der Waals surface area contributed by atoms with Crippen LogP contribution in [0.4, 0.5) is 0 Å². The van der Waals surface area contributed by atoms with Gasteiger partial charge in [0.05, 0.1) is 17.6 Å². The first kappa shape index (κ1) is 19.6. The summed E-state index contributed by atoms with van der Waals surface area (Å²) in [5, 5.41) is 10.7. The van der Waals surface area contributed by atoms with Gasteiger partial charge in [-0.3, -0.25) is 14.5 Å². The van der Waals surface area contributed by atoms with Crippen LogP contribution in [0.15, 0.2) is 45.7 Å². The number of aliphatic hydroxyl groups excluding tert-OH is 1. The number of ether oxygens (including phenoxy) is 1. The van der Waals surface area contributed by atoms with E-state index in [9.17, 15) is 14.7 Å². The smallest absolute Gasteiger partial charge is 0.323 e. The van der Waals surface area contributed by atoms with Crippen LogP contribution in [0.25, 0.3) is 0 Å². The van der Waals surface area contributed by atoms with Crippen molar-refractivity contribution in [2.45, 2.75) is 25.2 Å². The quantitative estimate of drug-likeness (QED) is 0.700. The van der Waals surface area contributed by atoms with Crippen LogP contribution in [-0.4, -0.2) is 40.3 Å². The average Bonchev–Trinajstić information content (AvgIpc) is 3.21. The van der Waals surface area contributed by atoms with Crippen LogP contribution in [0.5, 0.6) is 0 Å². The Morgan fingerprint density at radius 3 is 2.75 bits per heavy atom. The Labute approximate surface area is 175 Å². The Bertz CT molecular complexity index is 979. The zero-order valence-corrected chi connectivity index (χ0v) is 17.6. The summed E-state index contributed by atoms with van der Waals surface area (Å²) in [5.74, 6) is -0.789. The van der Waals surface area contributed by atoms with E-state index in [2.05, 4.69) is 15.9 Å². The summed E-state index contributed by atoms with van der Waals surface area (Å²) in [6, 6.07) is 10.3. The number of carbonyl (C=O) groups is 1. The number of hydrogen-bond donors (Lipinski definition) is 1. The lowest BCUT2D eigenvalue weighted by Crippen LogP contribution is -2.43. The van der Waals surface area contributed by atoms with Crippen LogP contribution >= 0.6 is 27.5 Å². The van der Waals surface area contributed by atoms with Crippen LogP contribution in [0.2, 0.25) is 5.02 Å². The summed E-state index contributed by atoms with van der Waals surface area (Å²) in [6.45, 7) is 0.710. The maximum atomic E-state index is 12.6. The third-order valence-corrected chi connectivity index (χ3v) is 6.87. The Hall–Kier alpha value is -1.67. The molecule has 0 saturated carbocycles. The summed E-state index contributed by atoms with van der Waals surface area (Å²) in [6.07, 6.45) is 0. The average molecular weight is 468 g/mol. The fourth-order valence-electron chi connectivity index (χ4n) is 4.67. The van der Waals surface area contributed by atoms with Crippen LogP contribution < -0.4 is 5.56 Å². The Balaban J connectivity index is 1.83. The van der Waals surface area contributed by atoms with Crippen molar-refractivity contribution in [2.24, 2.45) is 11.8 Å². The van der Waals surface area contributed by atoms with Gasteiger partial charge in [-0.15, -0.1) is 0 Å². The summed E-state index contributed by atoms with van der Waals surface area (Å²) in [4.78, 5) is 27.3. The van der Waals surface area contributed by atoms with E-state index >= 15 is 0 Å². The Kier molecular flexibility index (Phi) is 5.35. The van der Waals surface area contributed by atoms with Gasteiger partial charge in [0.15, 0.2) is 0 Å². The van der Waals surface area contributed by atoms with Gasteiger partial charge >= 0.3 is 5.97 Å². The molecule has 1 fully saturated rings. The van der Waals surface area contributed by atoms with Gasteiger partial charge in [0.2, 0.25) is 0 Å². The fourth-order valence-corrected chi connectivity index (χ4v) is 5.21. The number of rotatable bonds is 4. The number of halogens is 2. The number of methoxy groups -OCH3 is 1. The molecule has 0 radical (unpaired) electrons. The molecule has 3 heterocycles. The lowest BCUT2D eigenvalue weighted by molar-refractivity contribution is -0.148. The van der Waals surface area contributed by atoms with Crippen molar-refractivity contribution in [2.75, 3.05) is 13.7 Å². The highest BCUT2D eigenvalue weighted by Gasteiger charge is 2.56. The number of fused-ring (bicyclic) bond motifs is 3. The van der Waals surface area contributed by atoms with E-state index < -0.39 is 6.04 Å². The SMILES string of the molecule is COC(=O)[C@H]1[C@H](CO)[C@H]2Cn3c(ccc(Br)c3=O)[C@H]2N1Cc1ccccc1Cl. The minimum atomic E-state index is -0.603. The molecule has 0 aliphatic carbocycles. The molecule has 28 heavy (non-hydrogen) atoms. The number of hydrogen-bond acceptors (Lipinski definition) is 5. The van der Waals surface area contributed by atoms with Crippen LogP contribution in [0, 0.1) is 11.8 Å². The van der Waals surface area contributed by atoms with Crippen molar-refractivity contribution < 1.29 is 14.6 Å². The van der Waals surface area contributed by atoms with Crippen molar-refractivity contribution >= 4 is 33.5 Å². The molecule has 0 spiro atoms. The molecule has 1 aromatic carbocycles. The summed E-state index contributed by atoms with van der Waals surface area (Å²) < 4.78 is 7.29. The summed E-state index contributed by atoms with van der Waals surface area (Å²) >= 11 is 9.67. The fraction of sp³-hybridized carbons (Fsp3) is 0.400. The molecule has 0 bridgehead atoms. The molecule has 4 atom stereocenters. The van der Waals surface area contributed by atoms with E-state index in [1.165, 1.54) is 7.11 Å². The second-order valence-corrected chi connectivity index (χ2v) is 8.47. The first-order valence-corrected chi connectivity index (χ1v) is 10.2. The maximum Gasteiger partial charge on any atom is 0.323 e. The largest absolute Gasteiger partial charge is 0.468 e. The third-order valence-electron chi connectivity index (χ3n) is 5.90.